The molecule has 0 radical (unpaired) electrons. The number of rotatable bonds is 6. The normalized spacial score (nSPS) is 12.8. The van der Waals surface area contributed by atoms with E-state index in [-0.39, 0.29) is 5.41 Å². The van der Waals surface area contributed by atoms with Gasteiger partial charge in [-0.2, -0.15) is 0 Å². The van der Waals surface area contributed by atoms with Crippen LogP contribution in [0.1, 0.15) is 25.0 Å². The van der Waals surface area contributed by atoms with E-state index in [9.17, 15) is 0 Å². The van der Waals surface area contributed by atoms with Gasteiger partial charge in [-0.1, -0.05) is 190 Å². The number of para-hydroxylation sites is 3. The van der Waals surface area contributed by atoms with Gasteiger partial charge in [-0.15, -0.1) is 0 Å². The molecule has 0 N–H and O–H groups in total. The van der Waals surface area contributed by atoms with Gasteiger partial charge in [0.1, 0.15) is 0 Å². The molecule has 0 aliphatic heterocycles. The van der Waals surface area contributed by atoms with Crippen molar-refractivity contribution >= 4 is 38.6 Å². The van der Waals surface area contributed by atoms with E-state index in [2.05, 4.69) is 219 Å². The number of nitrogens with zero attached hydrogens (tertiary/aromatic N) is 1. The minimum absolute atomic E-state index is 0.0970. The average molecular weight is 690 g/mol. The fourth-order valence-corrected chi connectivity index (χ4v) is 8.89. The molecule has 10 rings (SSSR count). The summed E-state index contributed by atoms with van der Waals surface area (Å²) < 4.78 is 0. The highest BCUT2D eigenvalue weighted by molar-refractivity contribution is 6.05. The van der Waals surface area contributed by atoms with E-state index in [1.54, 1.807) is 0 Å². The number of hydrogen-bond acceptors (Lipinski definition) is 1. The van der Waals surface area contributed by atoms with Crippen LogP contribution in [0.3, 0.4) is 0 Å². The van der Waals surface area contributed by atoms with Crippen molar-refractivity contribution in [2.24, 2.45) is 0 Å². The predicted molar refractivity (Wildman–Crippen MR) is 230 cm³/mol. The van der Waals surface area contributed by atoms with Gasteiger partial charge in [0.05, 0.1) is 17.1 Å². The van der Waals surface area contributed by atoms with Crippen molar-refractivity contribution in [3.63, 3.8) is 0 Å². The van der Waals surface area contributed by atoms with E-state index in [0.29, 0.717) is 0 Å². The molecule has 256 valence electrons. The number of benzene rings is 9. The molecule has 9 aromatic carbocycles. The van der Waals surface area contributed by atoms with Gasteiger partial charge in [0.15, 0.2) is 0 Å². The van der Waals surface area contributed by atoms with Crippen LogP contribution in [0.5, 0.6) is 0 Å². The third-order valence-corrected chi connectivity index (χ3v) is 11.5. The summed E-state index contributed by atoms with van der Waals surface area (Å²) in [5, 5.41) is 4.94. The van der Waals surface area contributed by atoms with Crippen LogP contribution in [0.2, 0.25) is 0 Å². The van der Waals surface area contributed by atoms with Crippen molar-refractivity contribution in [1.82, 2.24) is 0 Å². The van der Waals surface area contributed by atoms with Gasteiger partial charge in [-0.05, 0) is 84.8 Å². The Bertz CT molecular complexity index is 2870. The first-order valence-electron chi connectivity index (χ1n) is 18.9. The molecule has 0 saturated heterocycles. The summed E-state index contributed by atoms with van der Waals surface area (Å²) in [6, 6.07) is 73.5. The maximum atomic E-state index is 2.52. The summed E-state index contributed by atoms with van der Waals surface area (Å²) in [4.78, 5) is 2.52. The Balaban J connectivity index is 1.27. The first kappa shape index (κ1) is 32.0. The standard InChI is InChI=1S/C53H39N/c1-53(2)47-28-11-7-25-46(47)52-45(27-16-29-48(52)53)44-24-10-14-32-51(44)54(49-30-12-8-22-41(49)39-34-33-36-17-3-4-19-38(36)35-39)50-31-13-9-23-43(50)42-26-15-20-37-18-5-6-21-40(37)42/h3-35H,1-2H3. The molecule has 0 bridgehead atoms. The van der Waals surface area contributed by atoms with Crippen LogP contribution in [0.4, 0.5) is 17.1 Å². The summed E-state index contributed by atoms with van der Waals surface area (Å²) in [5.41, 5.74) is 15.9. The zero-order valence-electron chi connectivity index (χ0n) is 30.5. The molecule has 0 fully saturated rings. The zero-order valence-corrected chi connectivity index (χ0v) is 30.5. The summed E-state index contributed by atoms with van der Waals surface area (Å²) in [6.07, 6.45) is 0. The molecule has 1 aliphatic carbocycles. The molecule has 0 atom stereocenters. The first-order chi connectivity index (χ1) is 26.6. The molecular weight excluding hydrogens is 651 g/mol. The molecule has 0 amide bonds. The van der Waals surface area contributed by atoms with E-state index in [1.807, 2.05) is 0 Å². The third kappa shape index (κ3) is 5.08. The Morgan fingerprint density at radius 1 is 0.333 bits per heavy atom. The van der Waals surface area contributed by atoms with Gasteiger partial charge in [-0.25, -0.2) is 0 Å². The van der Waals surface area contributed by atoms with Crippen molar-refractivity contribution in [3.8, 4) is 44.5 Å². The summed E-state index contributed by atoms with van der Waals surface area (Å²) in [7, 11) is 0. The lowest BCUT2D eigenvalue weighted by Crippen LogP contribution is -2.15. The van der Waals surface area contributed by atoms with Crippen molar-refractivity contribution in [2.75, 3.05) is 4.90 Å². The van der Waals surface area contributed by atoms with Gasteiger partial charge >= 0.3 is 0 Å². The third-order valence-electron chi connectivity index (χ3n) is 11.5. The van der Waals surface area contributed by atoms with Gasteiger partial charge < -0.3 is 4.90 Å². The first-order valence-corrected chi connectivity index (χ1v) is 18.9. The number of fused-ring (bicyclic) bond motifs is 5. The average Bonchev–Trinajstić information content (AvgIpc) is 3.47. The molecule has 0 spiro atoms. The largest absolute Gasteiger partial charge is 0.309 e. The second-order valence-electron chi connectivity index (χ2n) is 14.9. The Kier molecular flexibility index (Phi) is 7.56. The molecule has 1 heteroatoms. The Morgan fingerprint density at radius 2 is 0.815 bits per heavy atom. The predicted octanol–water partition coefficient (Wildman–Crippen LogP) is 14.8. The lowest BCUT2D eigenvalue weighted by molar-refractivity contribution is 0.660. The van der Waals surface area contributed by atoms with Crippen LogP contribution < -0.4 is 4.90 Å². The van der Waals surface area contributed by atoms with Crippen molar-refractivity contribution < 1.29 is 0 Å². The van der Waals surface area contributed by atoms with Crippen LogP contribution in [-0.4, -0.2) is 0 Å². The maximum absolute atomic E-state index is 2.52. The molecule has 54 heavy (non-hydrogen) atoms. The fourth-order valence-electron chi connectivity index (χ4n) is 8.89. The summed E-state index contributed by atoms with van der Waals surface area (Å²) >= 11 is 0. The fraction of sp³-hybridized carbons (Fsp3) is 0.0566. The topological polar surface area (TPSA) is 3.24 Å². The number of anilines is 3. The van der Waals surface area contributed by atoms with Gasteiger partial charge in [0.25, 0.3) is 0 Å². The smallest absolute Gasteiger partial charge is 0.0540 e. The molecule has 9 aromatic rings. The monoisotopic (exact) mass is 689 g/mol. The lowest BCUT2D eigenvalue weighted by Gasteiger charge is -2.32. The highest BCUT2D eigenvalue weighted by atomic mass is 15.1. The van der Waals surface area contributed by atoms with E-state index in [1.165, 1.54) is 77.2 Å². The molecule has 1 nitrogen and oxygen atoms in total. The van der Waals surface area contributed by atoms with Gasteiger partial charge in [0, 0.05) is 22.1 Å². The van der Waals surface area contributed by atoms with E-state index in [0.717, 1.165) is 17.1 Å². The second-order valence-corrected chi connectivity index (χ2v) is 14.9. The van der Waals surface area contributed by atoms with E-state index in [4.69, 9.17) is 0 Å². The number of hydrogen-bond donors (Lipinski definition) is 0. The van der Waals surface area contributed by atoms with E-state index < -0.39 is 0 Å². The lowest BCUT2D eigenvalue weighted by atomic mass is 9.82. The molecule has 0 saturated carbocycles. The summed E-state index contributed by atoms with van der Waals surface area (Å²) in [5.74, 6) is 0. The SMILES string of the molecule is CC1(C)c2ccccc2-c2c(-c3ccccc3N(c3ccccc3-c3ccc4ccccc4c3)c3ccccc3-c3cccc4ccccc34)cccc21. The Morgan fingerprint density at radius 3 is 1.57 bits per heavy atom. The van der Waals surface area contributed by atoms with Crippen LogP contribution in [0.25, 0.3) is 66.1 Å². The molecular formula is C53H39N. The Labute approximate surface area is 317 Å². The quantitative estimate of drug-likeness (QED) is 0.168. The van der Waals surface area contributed by atoms with E-state index >= 15 is 0 Å². The molecule has 0 unspecified atom stereocenters. The van der Waals surface area contributed by atoms with Gasteiger partial charge in [0.2, 0.25) is 0 Å². The van der Waals surface area contributed by atoms with Crippen LogP contribution in [-0.2, 0) is 5.41 Å². The maximum Gasteiger partial charge on any atom is 0.0540 e. The van der Waals surface area contributed by atoms with Crippen LogP contribution >= 0.6 is 0 Å². The molecule has 1 aliphatic rings. The Hall–Kier alpha value is -6.70. The van der Waals surface area contributed by atoms with Gasteiger partial charge in [-0.3, -0.25) is 0 Å². The minimum Gasteiger partial charge on any atom is -0.309 e. The zero-order chi connectivity index (χ0) is 36.2. The van der Waals surface area contributed by atoms with Crippen molar-refractivity contribution in [1.29, 1.82) is 0 Å². The second kappa shape index (κ2) is 12.8. The minimum atomic E-state index is -0.0970. The highest BCUT2D eigenvalue weighted by Gasteiger charge is 2.37. The highest BCUT2D eigenvalue weighted by Crippen LogP contribution is 2.55. The summed E-state index contributed by atoms with van der Waals surface area (Å²) in [6.45, 7) is 4.72. The van der Waals surface area contributed by atoms with Crippen molar-refractivity contribution in [2.45, 2.75) is 19.3 Å². The van der Waals surface area contributed by atoms with Crippen molar-refractivity contribution in [3.05, 3.63) is 211 Å². The van der Waals surface area contributed by atoms with Crippen LogP contribution in [0.15, 0.2) is 200 Å². The molecule has 0 heterocycles. The van der Waals surface area contributed by atoms with Crippen LogP contribution in [0, 0.1) is 0 Å². The molecule has 0 aromatic heterocycles.